The second-order valence-electron chi connectivity index (χ2n) is 3.41. The molecule has 0 fully saturated rings. The number of rotatable bonds is 3. The van der Waals surface area contributed by atoms with Crippen LogP contribution in [0, 0.1) is 18.6 Å². The quantitative estimate of drug-likeness (QED) is 0.639. The predicted octanol–water partition coefficient (Wildman–Crippen LogP) is 2.42. The molecule has 0 radical (unpaired) electrons. The molecule has 0 aliphatic rings. The lowest BCUT2D eigenvalue weighted by atomic mass is 10.1. The molecule has 0 aliphatic heterocycles. The van der Waals surface area contributed by atoms with Gasteiger partial charge in [0, 0.05) is 0 Å². The van der Waals surface area contributed by atoms with Gasteiger partial charge < -0.3 is 10.5 Å². The minimum absolute atomic E-state index is 0.0233. The van der Waals surface area contributed by atoms with Crippen molar-refractivity contribution < 1.29 is 18.3 Å². The molecule has 0 heterocycles. The lowest BCUT2D eigenvalue weighted by Gasteiger charge is -2.09. The van der Waals surface area contributed by atoms with Gasteiger partial charge in [-0.3, -0.25) is 0 Å². The average Bonchev–Trinajstić information content (AvgIpc) is 2.24. The Hall–Kier alpha value is -1.65. The third kappa shape index (κ3) is 2.29. The molecule has 0 aromatic heterocycles. The summed E-state index contributed by atoms with van der Waals surface area (Å²) in [5.74, 6) is -2.58. The zero-order valence-electron chi connectivity index (χ0n) is 9.14. The van der Waals surface area contributed by atoms with Crippen LogP contribution < -0.4 is 5.73 Å². The van der Waals surface area contributed by atoms with Crippen molar-refractivity contribution >= 4 is 11.7 Å². The minimum Gasteiger partial charge on any atom is -0.462 e. The summed E-state index contributed by atoms with van der Waals surface area (Å²) in [5.41, 5.74) is 4.30. The van der Waals surface area contributed by atoms with E-state index in [1.165, 1.54) is 6.92 Å². The van der Waals surface area contributed by atoms with Gasteiger partial charge in [-0.05, 0) is 25.0 Å². The molecule has 0 aliphatic carbocycles. The molecule has 0 saturated heterocycles. The fraction of sp³-hybridized carbons (Fsp3) is 0.364. The molecule has 0 amide bonds. The van der Waals surface area contributed by atoms with Crippen LogP contribution in [0.4, 0.5) is 14.5 Å². The first kappa shape index (κ1) is 12.4. The lowest BCUT2D eigenvalue weighted by molar-refractivity contribution is 0.0500. The van der Waals surface area contributed by atoms with E-state index in [0.29, 0.717) is 6.42 Å². The Labute approximate surface area is 92.2 Å². The van der Waals surface area contributed by atoms with Crippen molar-refractivity contribution in [2.45, 2.75) is 20.3 Å². The highest BCUT2D eigenvalue weighted by Gasteiger charge is 2.21. The predicted molar refractivity (Wildman–Crippen MR) is 56.1 cm³/mol. The van der Waals surface area contributed by atoms with E-state index in [1.54, 1.807) is 6.92 Å². The smallest absolute Gasteiger partial charge is 0.343 e. The second-order valence-corrected chi connectivity index (χ2v) is 3.41. The molecule has 0 bridgehead atoms. The number of aryl methyl sites for hydroxylation is 1. The highest BCUT2D eigenvalue weighted by Crippen LogP contribution is 2.23. The second kappa shape index (κ2) is 4.92. The number of hydrogen-bond donors (Lipinski definition) is 1. The Balaban J connectivity index is 3.16. The third-order valence-electron chi connectivity index (χ3n) is 2.08. The highest BCUT2D eigenvalue weighted by atomic mass is 19.1. The molecule has 0 saturated carbocycles. The van der Waals surface area contributed by atoms with Gasteiger partial charge in [0.1, 0.15) is 17.2 Å². The number of carbonyl (C=O) groups excluding carboxylic acids is 1. The summed E-state index contributed by atoms with van der Waals surface area (Å²) in [7, 11) is 0. The molecular formula is C11H13F2NO2. The highest BCUT2D eigenvalue weighted by molar-refractivity contribution is 5.95. The van der Waals surface area contributed by atoms with Crippen LogP contribution in [-0.2, 0) is 4.74 Å². The van der Waals surface area contributed by atoms with Crippen LogP contribution >= 0.6 is 0 Å². The molecule has 16 heavy (non-hydrogen) atoms. The van der Waals surface area contributed by atoms with Crippen molar-refractivity contribution in [3.63, 3.8) is 0 Å². The van der Waals surface area contributed by atoms with E-state index in [2.05, 4.69) is 0 Å². The molecule has 88 valence electrons. The van der Waals surface area contributed by atoms with Gasteiger partial charge in [-0.25, -0.2) is 13.6 Å². The van der Waals surface area contributed by atoms with E-state index in [9.17, 15) is 13.6 Å². The number of halogens is 2. The number of hydrogen-bond acceptors (Lipinski definition) is 3. The number of ether oxygens (including phenoxy) is 1. The maximum atomic E-state index is 13.6. The fourth-order valence-corrected chi connectivity index (χ4v) is 1.23. The van der Waals surface area contributed by atoms with Gasteiger partial charge in [-0.15, -0.1) is 0 Å². The van der Waals surface area contributed by atoms with Gasteiger partial charge in [0.05, 0.1) is 12.3 Å². The number of carbonyl (C=O) groups is 1. The summed E-state index contributed by atoms with van der Waals surface area (Å²) in [5, 5.41) is 0. The summed E-state index contributed by atoms with van der Waals surface area (Å²) in [6.45, 7) is 3.30. The van der Waals surface area contributed by atoms with Crippen LogP contribution in [0.15, 0.2) is 6.07 Å². The molecule has 0 spiro atoms. The van der Waals surface area contributed by atoms with E-state index >= 15 is 0 Å². The van der Waals surface area contributed by atoms with Gasteiger partial charge in [0.2, 0.25) is 0 Å². The van der Waals surface area contributed by atoms with Crippen LogP contribution in [-0.4, -0.2) is 12.6 Å². The lowest BCUT2D eigenvalue weighted by Crippen LogP contribution is -2.13. The Morgan fingerprint density at radius 3 is 2.69 bits per heavy atom. The normalized spacial score (nSPS) is 10.2. The topological polar surface area (TPSA) is 52.3 Å². The summed E-state index contributed by atoms with van der Waals surface area (Å²) in [6.07, 6.45) is 0.599. The molecule has 1 rings (SSSR count). The average molecular weight is 229 g/mol. The van der Waals surface area contributed by atoms with E-state index in [4.69, 9.17) is 10.5 Å². The van der Waals surface area contributed by atoms with E-state index < -0.39 is 28.9 Å². The van der Waals surface area contributed by atoms with E-state index in [1.807, 2.05) is 0 Å². The molecule has 2 N–H and O–H groups in total. The van der Waals surface area contributed by atoms with Gasteiger partial charge in [0.15, 0.2) is 0 Å². The Morgan fingerprint density at radius 1 is 1.50 bits per heavy atom. The maximum absolute atomic E-state index is 13.6. The molecule has 0 atom stereocenters. The molecule has 1 aromatic rings. The fourth-order valence-electron chi connectivity index (χ4n) is 1.23. The maximum Gasteiger partial charge on any atom is 0.343 e. The van der Waals surface area contributed by atoms with Crippen molar-refractivity contribution in [2.75, 3.05) is 12.3 Å². The Morgan fingerprint density at radius 2 is 2.12 bits per heavy atom. The molecular weight excluding hydrogens is 216 g/mol. The van der Waals surface area contributed by atoms with Crippen LogP contribution in [0.3, 0.4) is 0 Å². The number of anilines is 1. The first-order valence-corrected chi connectivity index (χ1v) is 4.90. The van der Waals surface area contributed by atoms with Crippen LogP contribution in [0.5, 0.6) is 0 Å². The summed E-state index contributed by atoms with van der Waals surface area (Å²) in [4.78, 5) is 11.4. The van der Waals surface area contributed by atoms with E-state index in [-0.39, 0.29) is 12.2 Å². The largest absolute Gasteiger partial charge is 0.462 e. The monoisotopic (exact) mass is 229 g/mol. The summed E-state index contributed by atoms with van der Waals surface area (Å²) < 4.78 is 31.5. The Kier molecular flexibility index (Phi) is 3.82. The number of nitrogen functional groups attached to an aromatic ring is 1. The van der Waals surface area contributed by atoms with Gasteiger partial charge in [-0.1, -0.05) is 6.92 Å². The molecule has 5 heteroatoms. The molecule has 3 nitrogen and oxygen atoms in total. The standard InChI is InChI=1S/C11H13F2NO2/c1-3-4-16-11(15)8-9(13)6(2)5-7(12)10(8)14/h5H,3-4,14H2,1-2H3. The van der Waals surface area contributed by atoms with Crippen LogP contribution in [0.2, 0.25) is 0 Å². The SMILES string of the molecule is CCCOC(=O)c1c(N)c(F)cc(C)c1F. The zero-order chi connectivity index (χ0) is 12.3. The zero-order valence-corrected chi connectivity index (χ0v) is 9.14. The van der Waals surface area contributed by atoms with E-state index in [0.717, 1.165) is 6.07 Å². The minimum atomic E-state index is -0.931. The third-order valence-corrected chi connectivity index (χ3v) is 2.08. The van der Waals surface area contributed by atoms with Crippen molar-refractivity contribution in [3.8, 4) is 0 Å². The molecule has 1 aromatic carbocycles. The first-order chi connectivity index (χ1) is 7.49. The van der Waals surface area contributed by atoms with Crippen LogP contribution in [0.1, 0.15) is 29.3 Å². The number of nitrogens with two attached hydrogens (primary N) is 1. The van der Waals surface area contributed by atoms with Crippen molar-refractivity contribution in [2.24, 2.45) is 0 Å². The Bertz CT molecular complexity index is 393. The first-order valence-electron chi connectivity index (χ1n) is 4.90. The van der Waals surface area contributed by atoms with Crippen molar-refractivity contribution in [3.05, 3.63) is 28.8 Å². The van der Waals surface area contributed by atoms with Gasteiger partial charge >= 0.3 is 5.97 Å². The summed E-state index contributed by atoms with van der Waals surface area (Å²) >= 11 is 0. The summed E-state index contributed by atoms with van der Waals surface area (Å²) in [6, 6.07) is 0.946. The number of benzene rings is 1. The van der Waals surface area contributed by atoms with Crippen LogP contribution in [0.25, 0.3) is 0 Å². The van der Waals surface area contributed by atoms with Crippen molar-refractivity contribution in [1.82, 2.24) is 0 Å². The molecule has 0 unspecified atom stereocenters. The van der Waals surface area contributed by atoms with Gasteiger partial charge in [-0.2, -0.15) is 0 Å². The number of esters is 1. The van der Waals surface area contributed by atoms with Gasteiger partial charge in [0.25, 0.3) is 0 Å². The van der Waals surface area contributed by atoms with Crippen molar-refractivity contribution in [1.29, 1.82) is 0 Å².